The van der Waals surface area contributed by atoms with Gasteiger partial charge in [-0.05, 0) is 43.2 Å². The molecule has 0 saturated heterocycles. The number of likely N-dealkylation sites (N-methyl/N-ethyl adjacent to an activating group) is 1. The molecule has 0 saturated carbocycles. The van der Waals surface area contributed by atoms with Crippen molar-refractivity contribution in [3.8, 4) is 11.5 Å². The highest BCUT2D eigenvalue weighted by Crippen LogP contribution is 2.24. The summed E-state index contributed by atoms with van der Waals surface area (Å²) in [7, 11) is 0. The van der Waals surface area contributed by atoms with Gasteiger partial charge in [-0.15, -0.1) is 11.3 Å². The number of aromatic amines is 1. The van der Waals surface area contributed by atoms with Crippen LogP contribution in [0.5, 0.6) is 0 Å². The Hall–Kier alpha value is -3.39. The Bertz CT molecular complexity index is 1190. The molecule has 0 unspecified atom stereocenters. The van der Waals surface area contributed by atoms with E-state index >= 15 is 0 Å². The summed E-state index contributed by atoms with van der Waals surface area (Å²) >= 11 is 1.23. The fourth-order valence-corrected chi connectivity index (χ4v) is 3.96. The SMILES string of the molecule is CCN(CCc1ccncc1)C(=O)c1csc2c(=O)[nH]c(-c3ccccn3)nc12. The van der Waals surface area contributed by atoms with E-state index in [4.69, 9.17) is 0 Å². The van der Waals surface area contributed by atoms with Crippen LogP contribution in [0.15, 0.2) is 59.1 Å². The lowest BCUT2D eigenvalue weighted by Crippen LogP contribution is -2.32. The van der Waals surface area contributed by atoms with Crippen LogP contribution in [0.25, 0.3) is 21.7 Å². The number of aromatic nitrogens is 4. The number of rotatable bonds is 6. The molecule has 146 valence electrons. The zero-order valence-corrected chi connectivity index (χ0v) is 16.6. The average Bonchev–Trinajstić information content (AvgIpc) is 3.20. The number of fused-ring (bicyclic) bond motifs is 1. The number of thiophene rings is 1. The summed E-state index contributed by atoms with van der Waals surface area (Å²) in [5, 5.41) is 1.71. The maximum absolute atomic E-state index is 13.2. The lowest BCUT2D eigenvalue weighted by Gasteiger charge is -2.20. The number of carbonyl (C=O) groups excluding carboxylic acids is 1. The van der Waals surface area contributed by atoms with E-state index < -0.39 is 0 Å². The van der Waals surface area contributed by atoms with Crippen LogP contribution in [0.3, 0.4) is 0 Å². The summed E-state index contributed by atoms with van der Waals surface area (Å²) < 4.78 is 0.443. The number of amides is 1. The first-order valence-corrected chi connectivity index (χ1v) is 10.2. The Morgan fingerprint density at radius 1 is 1.17 bits per heavy atom. The first-order chi connectivity index (χ1) is 14.2. The Morgan fingerprint density at radius 2 is 2.00 bits per heavy atom. The molecule has 8 heteroatoms. The summed E-state index contributed by atoms with van der Waals surface area (Å²) in [5.41, 5.74) is 2.28. The second-order valence-corrected chi connectivity index (χ2v) is 7.33. The monoisotopic (exact) mass is 405 g/mol. The van der Waals surface area contributed by atoms with E-state index in [0.29, 0.717) is 40.4 Å². The van der Waals surface area contributed by atoms with Gasteiger partial charge in [-0.1, -0.05) is 6.07 Å². The number of hydrogen-bond donors (Lipinski definition) is 1. The van der Waals surface area contributed by atoms with E-state index in [1.54, 1.807) is 41.0 Å². The quantitative estimate of drug-likeness (QED) is 0.532. The zero-order chi connectivity index (χ0) is 20.2. The van der Waals surface area contributed by atoms with E-state index in [1.165, 1.54) is 11.3 Å². The van der Waals surface area contributed by atoms with E-state index in [1.807, 2.05) is 25.1 Å². The normalized spacial score (nSPS) is 10.9. The first kappa shape index (κ1) is 18.9. The summed E-state index contributed by atoms with van der Waals surface area (Å²) in [5.74, 6) is 0.230. The number of nitrogens with one attached hydrogen (secondary N) is 1. The molecule has 7 nitrogen and oxygen atoms in total. The second-order valence-electron chi connectivity index (χ2n) is 6.45. The maximum Gasteiger partial charge on any atom is 0.269 e. The molecule has 4 aromatic rings. The van der Waals surface area contributed by atoms with Crippen LogP contribution < -0.4 is 5.56 Å². The minimum atomic E-state index is -0.264. The molecule has 4 heterocycles. The predicted molar refractivity (Wildman–Crippen MR) is 113 cm³/mol. The van der Waals surface area contributed by atoms with E-state index in [-0.39, 0.29) is 11.5 Å². The van der Waals surface area contributed by atoms with Crippen LogP contribution in [0.2, 0.25) is 0 Å². The zero-order valence-electron chi connectivity index (χ0n) is 15.8. The fraction of sp³-hybridized carbons (Fsp3) is 0.190. The number of pyridine rings is 2. The highest BCUT2D eigenvalue weighted by Gasteiger charge is 2.21. The topological polar surface area (TPSA) is 91.8 Å². The van der Waals surface area contributed by atoms with Gasteiger partial charge >= 0.3 is 0 Å². The predicted octanol–water partition coefficient (Wildman–Crippen LogP) is 3.15. The van der Waals surface area contributed by atoms with Gasteiger partial charge in [-0.3, -0.25) is 19.6 Å². The van der Waals surface area contributed by atoms with Crippen molar-refractivity contribution in [3.05, 3.63) is 75.8 Å². The molecule has 0 aliphatic rings. The molecule has 1 N–H and O–H groups in total. The first-order valence-electron chi connectivity index (χ1n) is 9.28. The van der Waals surface area contributed by atoms with Gasteiger partial charge in [0.25, 0.3) is 11.5 Å². The number of carbonyl (C=O) groups is 1. The minimum Gasteiger partial charge on any atom is -0.339 e. The van der Waals surface area contributed by atoms with E-state index in [9.17, 15) is 9.59 Å². The van der Waals surface area contributed by atoms with Crippen molar-refractivity contribution < 1.29 is 4.79 Å². The molecule has 0 fully saturated rings. The Labute approximate surface area is 171 Å². The minimum absolute atomic E-state index is 0.127. The van der Waals surface area contributed by atoms with Crippen LogP contribution in [0.1, 0.15) is 22.8 Å². The molecule has 4 rings (SSSR count). The maximum atomic E-state index is 13.2. The van der Waals surface area contributed by atoms with Gasteiger partial charge < -0.3 is 9.88 Å². The molecule has 1 amide bonds. The number of hydrogen-bond acceptors (Lipinski definition) is 6. The Balaban J connectivity index is 1.66. The van der Waals surface area contributed by atoms with Gasteiger partial charge in [0.15, 0.2) is 5.82 Å². The van der Waals surface area contributed by atoms with Crippen molar-refractivity contribution in [1.82, 2.24) is 24.8 Å². The largest absolute Gasteiger partial charge is 0.339 e. The van der Waals surface area contributed by atoms with Gasteiger partial charge in [0.1, 0.15) is 15.9 Å². The van der Waals surface area contributed by atoms with Gasteiger partial charge in [0.05, 0.1) is 5.56 Å². The summed E-state index contributed by atoms with van der Waals surface area (Å²) in [4.78, 5) is 43.0. The smallest absolute Gasteiger partial charge is 0.269 e. The standard InChI is InChI=1S/C21H19N5O2S/c1-2-26(12-8-14-6-10-22-11-7-14)21(28)15-13-29-18-17(15)24-19(25-20(18)27)16-5-3-4-9-23-16/h3-7,9-11,13H,2,8,12H2,1H3,(H,24,25,27). The lowest BCUT2D eigenvalue weighted by atomic mass is 10.1. The van der Waals surface area contributed by atoms with Crippen LogP contribution in [-0.4, -0.2) is 43.8 Å². The van der Waals surface area contributed by atoms with Crippen molar-refractivity contribution in [3.63, 3.8) is 0 Å². The second kappa shape index (κ2) is 8.32. The molecule has 0 radical (unpaired) electrons. The van der Waals surface area contributed by atoms with Crippen LogP contribution in [0.4, 0.5) is 0 Å². The van der Waals surface area contributed by atoms with Crippen LogP contribution in [-0.2, 0) is 6.42 Å². The van der Waals surface area contributed by atoms with Gasteiger partial charge in [0.2, 0.25) is 0 Å². The third-order valence-electron chi connectivity index (χ3n) is 4.65. The Kier molecular flexibility index (Phi) is 5.44. The van der Waals surface area contributed by atoms with E-state index in [0.717, 1.165) is 12.0 Å². The summed E-state index contributed by atoms with van der Waals surface area (Å²) in [6.07, 6.45) is 5.86. The molecule has 0 aliphatic heterocycles. The van der Waals surface area contributed by atoms with Crippen molar-refractivity contribution in [2.24, 2.45) is 0 Å². The summed E-state index contributed by atoms with van der Waals surface area (Å²) in [6.45, 7) is 3.09. The number of nitrogens with zero attached hydrogens (tertiary/aromatic N) is 4. The molecular formula is C21H19N5O2S. The molecular weight excluding hydrogens is 386 g/mol. The van der Waals surface area contributed by atoms with Gasteiger partial charge in [-0.2, -0.15) is 0 Å². The van der Waals surface area contributed by atoms with Gasteiger partial charge in [0, 0.05) is 37.1 Å². The van der Waals surface area contributed by atoms with Crippen molar-refractivity contribution in [2.45, 2.75) is 13.3 Å². The molecule has 0 spiro atoms. The highest BCUT2D eigenvalue weighted by molar-refractivity contribution is 7.17. The number of H-pyrrole nitrogens is 1. The van der Waals surface area contributed by atoms with Crippen molar-refractivity contribution in [1.29, 1.82) is 0 Å². The average molecular weight is 405 g/mol. The molecule has 0 atom stereocenters. The highest BCUT2D eigenvalue weighted by atomic mass is 32.1. The molecule has 4 aromatic heterocycles. The lowest BCUT2D eigenvalue weighted by molar-refractivity contribution is 0.0768. The molecule has 0 aromatic carbocycles. The third-order valence-corrected chi connectivity index (χ3v) is 5.62. The summed E-state index contributed by atoms with van der Waals surface area (Å²) in [6, 6.07) is 9.27. The molecule has 0 bridgehead atoms. The fourth-order valence-electron chi connectivity index (χ4n) is 3.09. The third kappa shape index (κ3) is 3.93. The molecule has 29 heavy (non-hydrogen) atoms. The van der Waals surface area contributed by atoms with Crippen LogP contribution >= 0.6 is 11.3 Å². The van der Waals surface area contributed by atoms with Crippen molar-refractivity contribution >= 4 is 27.5 Å². The van der Waals surface area contributed by atoms with Crippen molar-refractivity contribution in [2.75, 3.05) is 13.1 Å². The molecule has 0 aliphatic carbocycles. The van der Waals surface area contributed by atoms with Crippen LogP contribution in [0, 0.1) is 0 Å². The van der Waals surface area contributed by atoms with Gasteiger partial charge in [-0.25, -0.2) is 4.98 Å². The van der Waals surface area contributed by atoms with E-state index in [2.05, 4.69) is 19.9 Å². The Morgan fingerprint density at radius 3 is 2.72 bits per heavy atom.